The summed E-state index contributed by atoms with van der Waals surface area (Å²) in [5, 5.41) is 3.01. The van der Waals surface area contributed by atoms with Gasteiger partial charge in [0.05, 0.1) is 10.9 Å². The molecule has 1 atom stereocenters. The van der Waals surface area contributed by atoms with Gasteiger partial charge in [-0.3, -0.25) is 4.79 Å². The highest BCUT2D eigenvalue weighted by Crippen LogP contribution is 2.19. The van der Waals surface area contributed by atoms with E-state index in [4.69, 9.17) is 0 Å². The summed E-state index contributed by atoms with van der Waals surface area (Å²) in [7, 11) is -3.45. The van der Waals surface area contributed by atoms with Gasteiger partial charge >= 0.3 is 0 Å². The largest absolute Gasteiger partial charge is 0.350 e. The summed E-state index contributed by atoms with van der Waals surface area (Å²) < 4.78 is 26.7. The second kappa shape index (κ2) is 10.6. The van der Waals surface area contributed by atoms with E-state index in [9.17, 15) is 13.2 Å². The van der Waals surface area contributed by atoms with Crippen molar-refractivity contribution >= 4 is 27.7 Å². The van der Waals surface area contributed by atoms with E-state index in [0.717, 1.165) is 17.5 Å². The lowest BCUT2D eigenvalue weighted by Gasteiger charge is -2.15. The number of hydrogen-bond donors (Lipinski definition) is 2. The Labute approximate surface area is 172 Å². The molecule has 7 heteroatoms. The minimum Gasteiger partial charge on any atom is -0.350 e. The van der Waals surface area contributed by atoms with E-state index in [1.807, 2.05) is 44.4 Å². The number of amides is 1. The van der Waals surface area contributed by atoms with Crippen LogP contribution in [0.1, 0.15) is 43.9 Å². The van der Waals surface area contributed by atoms with Crippen molar-refractivity contribution in [2.45, 2.75) is 48.9 Å². The number of carbonyl (C=O) groups excluding carboxylic acids is 1. The van der Waals surface area contributed by atoms with Gasteiger partial charge in [0, 0.05) is 17.9 Å². The van der Waals surface area contributed by atoms with Gasteiger partial charge < -0.3 is 5.32 Å². The maximum atomic E-state index is 12.2. The number of rotatable bonds is 10. The van der Waals surface area contributed by atoms with Crippen LogP contribution in [-0.4, -0.2) is 27.1 Å². The third-order valence-electron chi connectivity index (χ3n) is 4.41. The van der Waals surface area contributed by atoms with E-state index >= 15 is 0 Å². The second-order valence-electron chi connectivity index (χ2n) is 6.60. The molecular formula is C21H28N2O3S2. The Kier molecular flexibility index (Phi) is 8.54. The molecule has 0 aliphatic rings. The average molecular weight is 421 g/mol. The van der Waals surface area contributed by atoms with Crippen LogP contribution >= 0.6 is 11.8 Å². The lowest BCUT2D eigenvalue weighted by molar-refractivity contribution is -0.121. The SMILES string of the molecule is CCCNS(=O)(=O)c1ccc(CCC(=O)N[C@@H](C)c2ccc(SC)cc2)cc1. The number of sulfonamides is 1. The van der Waals surface area contributed by atoms with E-state index in [2.05, 4.69) is 10.0 Å². The molecule has 28 heavy (non-hydrogen) atoms. The van der Waals surface area contributed by atoms with E-state index in [1.54, 1.807) is 36.0 Å². The van der Waals surface area contributed by atoms with Crippen molar-refractivity contribution in [1.82, 2.24) is 10.0 Å². The first-order valence-electron chi connectivity index (χ1n) is 9.37. The standard InChI is InChI=1S/C21H28N2O3S2/c1-4-15-22-28(25,26)20-12-5-17(6-13-20)7-14-21(24)23-16(2)18-8-10-19(27-3)11-9-18/h5-6,8-13,16,22H,4,7,14-15H2,1-3H3,(H,23,24)/t16-/m0/s1. The fraction of sp³-hybridized carbons (Fsp3) is 0.381. The van der Waals surface area contributed by atoms with Gasteiger partial charge in [-0.05, 0) is 61.4 Å². The van der Waals surface area contributed by atoms with Crippen LogP contribution in [0.5, 0.6) is 0 Å². The molecule has 0 fully saturated rings. The monoisotopic (exact) mass is 420 g/mol. The fourth-order valence-electron chi connectivity index (χ4n) is 2.70. The molecule has 0 saturated heterocycles. The van der Waals surface area contributed by atoms with Crippen LogP contribution in [0.3, 0.4) is 0 Å². The van der Waals surface area contributed by atoms with Gasteiger partial charge in [0.1, 0.15) is 0 Å². The number of nitrogens with one attached hydrogen (secondary N) is 2. The summed E-state index contributed by atoms with van der Waals surface area (Å²) in [6, 6.07) is 14.8. The third-order valence-corrected chi connectivity index (χ3v) is 6.63. The number of benzene rings is 2. The van der Waals surface area contributed by atoms with Gasteiger partial charge in [0.2, 0.25) is 15.9 Å². The van der Waals surface area contributed by atoms with Crippen LogP contribution in [0.25, 0.3) is 0 Å². The molecule has 0 aromatic heterocycles. The maximum absolute atomic E-state index is 12.2. The zero-order valence-electron chi connectivity index (χ0n) is 16.6. The number of carbonyl (C=O) groups is 1. The average Bonchev–Trinajstić information content (AvgIpc) is 2.71. The fourth-order valence-corrected chi connectivity index (χ4v) is 4.24. The topological polar surface area (TPSA) is 75.3 Å². The van der Waals surface area contributed by atoms with Crippen molar-refractivity contribution in [3.8, 4) is 0 Å². The molecule has 0 radical (unpaired) electrons. The number of thioether (sulfide) groups is 1. The highest BCUT2D eigenvalue weighted by molar-refractivity contribution is 7.98. The Bertz CT molecular complexity index is 864. The van der Waals surface area contributed by atoms with Gasteiger partial charge in [-0.2, -0.15) is 0 Å². The molecule has 0 spiro atoms. The highest BCUT2D eigenvalue weighted by atomic mass is 32.2. The summed E-state index contributed by atoms with van der Waals surface area (Å²) in [5.41, 5.74) is 2.00. The van der Waals surface area contributed by atoms with E-state index in [-0.39, 0.29) is 16.8 Å². The molecule has 0 aliphatic carbocycles. The molecule has 5 nitrogen and oxygen atoms in total. The van der Waals surface area contributed by atoms with Crippen LogP contribution < -0.4 is 10.0 Å². The molecule has 0 aliphatic heterocycles. The Hall–Kier alpha value is -1.83. The summed E-state index contributed by atoms with van der Waals surface area (Å²) in [5.74, 6) is -0.0252. The van der Waals surface area contributed by atoms with Gasteiger partial charge in [-0.15, -0.1) is 11.8 Å². The summed E-state index contributed by atoms with van der Waals surface area (Å²) in [4.78, 5) is 13.7. The second-order valence-corrected chi connectivity index (χ2v) is 9.25. The molecule has 2 rings (SSSR count). The number of hydrogen-bond acceptors (Lipinski definition) is 4. The van der Waals surface area contributed by atoms with Gasteiger partial charge in [0.25, 0.3) is 0 Å². The van der Waals surface area contributed by atoms with Crippen LogP contribution in [0.15, 0.2) is 58.3 Å². The van der Waals surface area contributed by atoms with Crippen LogP contribution in [0, 0.1) is 0 Å². The smallest absolute Gasteiger partial charge is 0.240 e. The van der Waals surface area contributed by atoms with Crippen molar-refractivity contribution in [2.24, 2.45) is 0 Å². The maximum Gasteiger partial charge on any atom is 0.240 e. The summed E-state index contributed by atoms with van der Waals surface area (Å²) >= 11 is 1.69. The van der Waals surface area contributed by atoms with Crippen molar-refractivity contribution in [3.05, 3.63) is 59.7 Å². The molecule has 1 amide bonds. The zero-order chi connectivity index (χ0) is 20.6. The first-order valence-corrected chi connectivity index (χ1v) is 12.1. The molecule has 2 aromatic rings. The molecule has 152 valence electrons. The molecule has 2 N–H and O–H groups in total. The minimum absolute atomic E-state index is 0.0252. The lowest BCUT2D eigenvalue weighted by Crippen LogP contribution is -2.26. The molecule has 2 aromatic carbocycles. The molecule has 0 heterocycles. The zero-order valence-corrected chi connectivity index (χ0v) is 18.2. The van der Waals surface area contributed by atoms with Crippen molar-refractivity contribution in [3.63, 3.8) is 0 Å². The van der Waals surface area contributed by atoms with Crippen molar-refractivity contribution < 1.29 is 13.2 Å². The minimum atomic E-state index is -3.45. The van der Waals surface area contributed by atoms with Crippen LogP contribution in [0.2, 0.25) is 0 Å². The third kappa shape index (κ3) is 6.65. The Morgan fingerprint density at radius 1 is 1.07 bits per heavy atom. The summed E-state index contributed by atoms with van der Waals surface area (Å²) in [6.07, 6.45) is 3.69. The molecule has 0 saturated carbocycles. The van der Waals surface area contributed by atoms with E-state index in [0.29, 0.717) is 19.4 Å². The van der Waals surface area contributed by atoms with E-state index in [1.165, 1.54) is 4.90 Å². The van der Waals surface area contributed by atoms with Crippen molar-refractivity contribution in [1.29, 1.82) is 0 Å². The van der Waals surface area contributed by atoms with Crippen LogP contribution in [-0.2, 0) is 21.2 Å². The highest BCUT2D eigenvalue weighted by Gasteiger charge is 2.13. The first-order chi connectivity index (χ1) is 13.4. The first kappa shape index (κ1) is 22.5. The normalized spacial score (nSPS) is 12.5. The van der Waals surface area contributed by atoms with E-state index < -0.39 is 10.0 Å². The van der Waals surface area contributed by atoms with Gasteiger partial charge in [0.15, 0.2) is 0 Å². The number of aryl methyl sites for hydroxylation is 1. The molecule has 0 bridgehead atoms. The molecular weight excluding hydrogens is 392 g/mol. The predicted molar refractivity (Wildman–Crippen MR) is 115 cm³/mol. The molecule has 0 unspecified atom stereocenters. The summed E-state index contributed by atoms with van der Waals surface area (Å²) in [6.45, 7) is 4.30. The lowest BCUT2D eigenvalue weighted by atomic mass is 10.1. The van der Waals surface area contributed by atoms with Gasteiger partial charge in [-0.1, -0.05) is 31.2 Å². The quantitative estimate of drug-likeness (QED) is 0.572. The predicted octanol–water partition coefficient (Wildman–Crippen LogP) is 3.91. The Balaban J connectivity index is 1.86. The Morgan fingerprint density at radius 3 is 2.29 bits per heavy atom. The van der Waals surface area contributed by atoms with Crippen molar-refractivity contribution in [2.75, 3.05) is 12.8 Å². The van der Waals surface area contributed by atoms with Crippen LogP contribution in [0.4, 0.5) is 0 Å². The Morgan fingerprint density at radius 2 is 1.71 bits per heavy atom. The van der Waals surface area contributed by atoms with Gasteiger partial charge in [-0.25, -0.2) is 13.1 Å².